The molecule has 0 radical (unpaired) electrons. The zero-order valence-electron chi connectivity index (χ0n) is 10.5. The van der Waals surface area contributed by atoms with Crippen LogP contribution in [0.5, 0.6) is 0 Å². The fourth-order valence-electron chi connectivity index (χ4n) is 2.67. The Morgan fingerprint density at radius 1 is 1.20 bits per heavy atom. The predicted molar refractivity (Wildman–Crippen MR) is 60.0 cm³/mol. The van der Waals surface area contributed by atoms with E-state index in [0.29, 0.717) is 6.04 Å². The predicted octanol–water partition coefficient (Wildman–Crippen LogP) is 1.66. The van der Waals surface area contributed by atoms with Crippen LogP contribution in [0.2, 0.25) is 0 Å². The minimum atomic E-state index is -0.144. The highest BCUT2D eigenvalue weighted by molar-refractivity contribution is 5.09. The van der Waals surface area contributed by atoms with Gasteiger partial charge in [-0.2, -0.15) is 0 Å². The monoisotopic (exact) mass is 213 g/mol. The summed E-state index contributed by atoms with van der Waals surface area (Å²) in [4.78, 5) is 2.44. The molecule has 3 heteroatoms. The second kappa shape index (κ2) is 3.44. The highest BCUT2D eigenvalue weighted by atomic mass is 16.6. The highest BCUT2D eigenvalue weighted by Gasteiger charge is 2.57. The molecule has 0 aromatic carbocycles. The first-order valence-corrected chi connectivity index (χ1v) is 5.92. The molecule has 2 rings (SSSR count). The molecule has 0 amide bonds. The van der Waals surface area contributed by atoms with Gasteiger partial charge in [0.15, 0.2) is 0 Å². The van der Waals surface area contributed by atoms with Crippen LogP contribution >= 0.6 is 0 Å². The Morgan fingerprint density at radius 2 is 1.80 bits per heavy atom. The highest BCUT2D eigenvalue weighted by Crippen LogP contribution is 2.41. The normalized spacial score (nSPS) is 47.2. The molecule has 0 aliphatic carbocycles. The number of fused-ring (bicyclic) bond motifs is 1. The molecule has 3 nitrogen and oxygen atoms in total. The molecule has 3 atom stereocenters. The van der Waals surface area contributed by atoms with Gasteiger partial charge in [0.25, 0.3) is 0 Å². The van der Waals surface area contributed by atoms with Gasteiger partial charge in [-0.15, -0.1) is 0 Å². The molecular weight excluding hydrogens is 190 g/mol. The Bertz CT molecular complexity index is 256. The van der Waals surface area contributed by atoms with Gasteiger partial charge in [0.2, 0.25) is 0 Å². The van der Waals surface area contributed by atoms with Gasteiger partial charge >= 0.3 is 0 Å². The van der Waals surface area contributed by atoms with Crippen LogP contribution in [-0.4, -0.2) is 47.9 Å². The summed E-state index contributed by atoms with van der Waals surface area (Å²) >= 11 is 0. The van der Waals surface area contributed by atoms with Crippen LogP contribution in [0.15, 0.2) is 0 Å². The van der Waals surface area contributed by atoms with E-state index in [0.717, 1.165) is 19.7 Å². The number of likely N-dealkylation sites (tertiary alicyclic amines) is 1. The maximum absolute atomic E-state index is 6.11. The first kappa shape index (κ1) is 11.4. The lowest BCUT2D eigenvalue weighted by Gasteiger charge is -2.46. The summed E-state index contributed by atoms with van der Waals surface area (Å²) in [5.41, 5.74) is -0.279. The van der Waals surface area contributed by atoms with Crippen LogP contribution in [0, 0.1) is 0 Å². The lowest BCUT2D eigenvalue weighted by Crippen LogP contribution is -2.59. The fourth-order valence-corrected chi connectivity index (χ4v) is 2.67. The Labute approximate surface area is 92.7 Å². The Balaban J connectivity index is 2.20. The van der Waals surface area contributed by atoms with E-state index < -0.39 is 0 Å². The van der Waals surface area contributed by atoms with Gasteiger partial charge < -0.3 is 9.47 Å². The van der Waals surface area contributed by atoms with Crippen molar-refractivity contribution in [1.82, 2.24) is 4.90 Å². The molecule has 0 aromatic rings. The van der Waals surface area contributed by atoms with Crippen LogP contribution in [0.1, 0.15) is 34.6 Å². The van der Waals surface area contributed by atoms with E-state index in [-0.39, 0.29) is 17.3 Å². The number of rotatable bonds is 1. The first-order valence-electron chi connectivity index (χ1n) is 5.92. The van der Waals surface area contributed by atoms with Crippen molar-refractivity contribution in [3.05, 3.63) is 0 Å². The van der Waals surface area contributed by atoms with Crippen molar-refractivity contribution >= 4 is 0 Å². The van der Waals surface area contributed by atoms with Crippen molar-refractivity contribution in [2.45, 2.75) is 58.0 Å². The molecule has 88 valence electrons. The van der Waals surface area contributed by atoms with Crippen LogP contribution in [0.3, 0.4) is 0 Å². The fraction of sp³-hybridized carbons (Fsp3) is 1.00. The maximum atomic E-state index is 6.11. The standard InChI is InChI=1S/C12H23NO2/c1-9(2)13-7-11(4)12(5,8-13)15-10(3)6-14-11/h9-10H,6-8H2,1-5H3/t10?,11-,12+/m1/s1. The average Bonchev–Trinajstić information content (AvgIpc) is 2.38. The molecule has 0 aromatic heterocycles. The van der Waals surface area contributed by atoms with Gasteiger partial charge in [-0.25, -0.2) is 0 Å². The van der Waals surface area contributed by atoms with E-state index in [1.54, 1.807) is 0 Å². The SMILES string of the molecule is CC1CO[C@]2(C)CN(C(C)C)C[C@]2(C)O1. The van der Waals surface area contributed by atoms with Crippen LogP contribution < -0.4 is 0 Å². The minimum Gasteiger partial charge on any atom is -0.368 e. The average molecular weight is 213 g/mol. The molecule has 0 spiro atoms. The second-order valence-corrected chi connectivity index (χ2v) is 5.70. The van der Waals surface area contributed by atoms with Crippen molar-refractivity contribution in [3.8, 4) is 0 Å². The third-order valence-corrected chi connectivity index (χ3v) is 3.96. The lowest BCUT2D eigenvalue weighted by atomic mass is 9.88. The molecule has 2 heterocycles. The van der Waals surface area contributed by atoms with Crippen LogP contribution in [0.4, 0.5) is 0 Å². The Morgan fingerprint density at radius 3 is 2.40 bits per heavy atom. The van der Waals surface area contributed by atoms with E-state index in [4.69, 9.17) is 9.47 Å². The summed E-state index contributed by atoms with van der Waals surface area (Å²) in [6, 6.07) is 0.562. The molecule has 2 aliphatic rings. The Kier molecular flexibility index (Phi) is 2.61. The van der Waals surface area contributed by atoms with Crippen molar-refractivity contribution in [2.75, 3.05) is 19.7 Å². The van der Waals surface area contributed by atoms with E-state index >= 15 is 0 Å². The molecule has 2 saturated heterocycles. The number of hydrogen-bond donors (Lipinski definition) is 0. The third-order valence-electron chi connectivity index (χ3n) is 3.96. The van der Waals surface area contributed by atoms with Gasteiger partial charge in [-0.3, -0.25) is 4.90 Å². The summed E-state index contributed by atoms with van der Waals surface area (Å²) in [6.07, 6.45) is 0.218. The zero-order valence-corrected chi connectivity index (χ0v) is 10.5. The number of ether oxygens (including phenoxy) is 2. The van der Waals surface area contributed by atoms with Crippen LogP contribution in [-0.2, 0) is 9.47 Å². The van der Waals surface area contributed by atoms with Gasteiger partial charge in [0, 0.05) is 19.1 Å². The molecule has 15 heavy (non-hydrogen) atoms. The number of hydrogen-bond acceptors (Lipinski definition) is 3. The molecule has 2 fully saturated rings. The second-order valence-electron chi connectivity index (χ2n) is 5.70. The van der Waals surface area contributed by atoms with Gasteiger partial charge in [-0.1, -0.05) is 0 Å². The van der Waals surface area contributed by atoms with E-state index in [1.165, 1.54) is 0 Å². The third kappa shape index (κ3) is 1.71. The summed E-state index contributed by atoms with van der Waals surface area (Å²) in [7, 11) is 0. The molecule has 2 aliphatic heterocycles. The maximum Gasteiger partial charge on any atom is 0.108 e. The van der Waals surface area contributed by atoms with Crippen molar-refractivity contribution in [2.24, 2.45) is 0 Å². The van der Waals surface area contributed by atoms with Gasteiger partial charge in [0.1, 0.15) is 11.2 Å². The topological polar surface area (TPSA) is 21.7 Å². The zero-order chi connectivity index (χ0) is 11.3. The number of nitrogens with zero attached hydrogens (tertiary/aromatic N) is 1. The van der Waals surface area contributed by atoms with Crippen molar-refractivity contribution in [1.29, 1.82) is 0 Å². The van der Waals surface area contributed by atoms with Crippen molar-refractivity contribution in [3.63, 3.8) is 0 Å². The summed E-state index contributed by atoms with van der Waals surface area (Å²) in [6.45, 7) is 13.6. The molecular formula is C12H23NO2. The van der Waals surface area contributed by atoms with Crippen LogP contribution in [0.25, 0.3) is 0 Å². The molecule has 0 N–H and O–H groups in total. The van der Waals surface area contributed by atoms with E-state index in [1.807, 2.05) is 0 Å². The molecule has 0 saturated carbocycles. The van der Waals surface area contributed by atoms with E-state index in [9.17, 15) is 0 Å². The van der Waals surface area contributed by atoms with Gasteiger partial charge in [-0.05, 0) is 34.6 Å². The largest absolute Gasteiger partial charge is 0.368 e. The molecule has 0 bridgehead atoms. The van der Waals surface area contributed by atoms with Gasteiger partial charge in [0.05, 0.1) is 12.7 Å². The summed E-state index contributed by atoms with van der Waals surface area (Å²) in [5, 5.41) is 0. The van der Waals surface area contributed by atoms with Crippen molar-refractivity contribution < 1.29 is 9.47 Å². The van der Waals surface area contributed by atoms with E-state index in [2.05, 4.69) is 39.5 Å². The quantitative estimate of drug-likeness (QED) is 0.661. The first-order chi connectivity index (χ1) is 6.86. The summed E-state index contributed by atoms with van der Waals surface area (Å²) < 4.78 is 12.1. The lowest BCUT2D eigenvalue weighted by molar-refractivity contribution is -0.249. The summed E-state index contributed by atoms with van der Waals surface area (Å²) in [5.74, 6) is 0. The Hall–Kier alpha value is -0.120. The smallest absolute Gasteiger partial charge is 0.108 e. The molecule has 1 unspecified atom stereocenters. The minimum absolute atomic E-state index is 0.135.